The Labute approximate surface area is 165 Å². The number of hydrogen-bond acceptors (Lipinski definition) is 3. The summed E-state index contributed by atoms with van der Waals surface area (Å²) in [6.45, 7) is 7.93. The molecule has 6 heteroatoms. The summed E-state index contributed by atoms with van der Waals surface area (Å²) in [5.74, 6) is 1.40. The first-order valence-electron chi connectivity index (χ1n) is 9.06. The smallest absolute Gasteiger partial charge is 0.274 e. The Kier molecular flexibility index (Phi) is 5.92. The van der Waals surface area contributed by atoms with Crippen molar-refractivity contribution in [1.29, 1.82) is 0 Å². The van der Waals surface area contributed by atoms with Gasteiger partial charge in [-0.25, -0.2) is 0 Å². The van der Waals surface area contributed by atoms with Gasteiger partial charge in [0.1, 0.15) is 18.1 Å². The van der Waals surface area contributed by atoms with Crippen LogP contribution in [0.4, 0.5) is 0 Å². The van der Waals surface area contributed by atoms with Crippen LogP contribution in [0.5, 0.6) is 5.75 Å². The molecule has 27 heavy (non-hydrogen) atoms. The number of carbonyl (C=O) groups excluding carboxylic acids is 1. The van der Waals surface area contributed by atoms with Crippen molar-refractivity contribution in [3.8, 4) is 5.75 Å². The third kappa shape index (κ3) is 4.04. The predicted octanol–water partition coefficient (Wildman–Crippen LogP) is 3.88. The number of amides is 1. The van der Waals surface area contributed by atoms with Crippen LogP contribution in [0.3, 0.4) is 0 Å². The highest BCUT2D eigenvalue weighted by molar-refractivity contribution is 6.18. The third-order valence-electron chi connectivity index (χ3n) is 4.96. The zero-order valence-corrected chi connectivity index (χ0v) is 16.8. The van der Waals surface area contributed by atoms with Crippen LogP contribution < -0.4 is 4.74 Å². The second-order valence-corrected chi connectivity index (χ2v) is 7.43. The number of likely N-dealkylation sites (N-methyl/N-ethyl adjacent to an activating group) is 1. The fraction of sp³-hybridized carbons (Fsp3) is 0.381. The number of aromatic nitrogens is 1. The summed E-state index contributed by atoms with van der Waals surface area (Å²) in [7, 11) is 4.02. The number of ether oxygens (including phenoxy) is 1. The Morgan fingerprint density at radius 1 is 1.44 bits per heavy atom. The Hall–Kier alpha value is -2.24. The molecule has 1 N–H and O–H groups in total. The zero-order chi connectivity index (χ0) is 19.6. The van der Waals surface area contributed by atoms with Gasteiger partial charge < -0.3 is 19.5 Å². The van der Waals surface area contributed by atoms with Crippen molar-refractivity contribution in [2.75, 3.05) is 39.7 Å². The molecule has 0 spiro atoms. The van der Waals surface area contributed by atoms with Gasteiger partial charge in [-0.15, -0.1) is 11.6 Å². The summed E-state index contributed by atoms with van der Waals surface area (Å²) < 4.78 is 5.79. The molecule has 2 heterocycles. The minimum Gasteiger partial charge on any atom is -0.492 e. The summed E-state index contributed by atoms with van der Waals surface area (Å²) in [4.78, 5) is 20.1. The Morgan fingerprint density at radius 2 is 2.22 bits per heavy atom. The lowest BCUT2D eigenvalue weighted by Gasteiger charge is -2.18. The number of allylic oxidation sites excluding steroid dienone is 1. The van der Waals surface area contributed by atoms with Gasteiger partial charge in [0.25, 0.3) is 5.91 Å². The van der Waals surface area contributed by atoms with E-state index in [1.54, 1.807) is 11.0 Å². The average Bonchev–Trinajstić information content (AvgIpc) is 3.20. The number of carbonyl (C=O) groups is 1. The Bertz CT molecular complexity index is 885. The number of rotatable bonds is 7. The van der Waals surface area contributed by atoms with Gasteiger partial charge in [-0.2, -0.15) is 0 Å². The van der Waals surface area contributed by atoms with Gasteiger partial charge in [-0.1, -0.05) is 6.58 Å². The zero-order valence-electron chi connectivity index (χ0n) is 16.1. The second kappa shape index (κ2) is 8.19. The van der Waals surface area contributed by atoms with Gasteiger partial charge in [0.05, 0.1) is 0 Å². The molecule has 0 unspecified atom stereocenters. The van der Waals surface area contributed by atoms with Gasteiger partial charge >= 0.3 is 0 Å². The second-order valence-electron chi connectivity index (χ2n) is 7.12. The van der Waals surface area contributed by atoms with Gasteiger partial charge in [0.15, 0.2) is 0 Å². The van der Waals surface area contributed by atoms with Crippen molar-refractivity contribution in [2.45, 2.75) is 6.92 Å². The van der Waals surface area contributed by atoms with Crippen LogP contribution in [0.25, 0.3) is 10.9 Å². The van der Waals surface area contributed by atoms with Crippen LogP contribution in [0.1, 0.15) is 17.4 Å². The molecule has 0 saturated carbocycles. The van der Waals surface area contributed by atoms with E-state index in [2.05, 4.69) is 16.5 Å². The number of fused-ring (bicyclic) bond motifs is 1. The normalized spacial score (nSPS) is 17.2. The van der Waals surface area contributed by atoms with Gasteiger partial charge in [-0.05, 0) is 56.9 Å². The first-order valence-corrected chi connectivity index (χ1v) is 9.59. The van der Waals surface area contributed by atoms with E-state index < -0.39 is 0 Å². The number of halogens is 1. The van der Waals surface area contributed by atoms with E-state index in [0.717, 1.165) is 34.5 Å². The lowest BCUT2D eigenvalue weighted by atomic mass is 10.1. The van der Waals surface area contributed by atoms with Crippen molar-refractivity contribution in [2.24, 2.45) is 5.92 Å². The van der Waals surface area contributed by atoms with Gasteiger partial charge in [0, 0.05) is 41.5 Å². The SMILES string of the molecule is C=CC1=C(C)[C@H](CCl)CN1C(=O)c1cc2cc(OCCN(C)C)ccc2[nH]1. The molecule has 1 amide bonds. The molecular weight excluding hydrogens is 362 g/mol. The lowest BCUT2D eigenvalue weighted by molar-refractivity contribution is 0.0811. The van der Waals surface area contributed by atoms with Crippen LogP contribution in [-0.2, 0) is 0 Å². The standard InChI is InChI=1S/C21H26ClN3O2/c1-5-20-14(2)16(12-22)13-25(20)21(26)19-11-15-10-17(6-7-18(15)23-19)27-9-8-24(3)4/h5-7,10-11,16,23H,1,8-9,12-13H2,2-4H3/t16-/m1/s1. The van der Waals surface area contributed by atoms with Crippen molar-refractivity contribution >= 4 is 28.4 Å². The molecular formula is C21H26ClN3O2. The Morgan fingerprint density at radius 3 is 2.89 bits per heavy atom. The molecule has 2 aromatic rings. The lowest BCUT2D eigenvalue weighted by Crippen LogP contribution is -2.29. The van der Waals surface area contributed by atoms with E-state index in [1.165, 1.54) is 0 Å². The quantitative estimate of drug-likeness (QED) is 0.733. The fourth-order valence-corrected chi connectivity index (χ4v) is 3.64. The summed E-state index contributed by atoms with van der Waals surface area (Å²) >= 11 is 6.05. The largest absolute Gasteiger partial charge is 0.492 e. The van der Waals surface area contributed by atoms with Crippen LogP contribution >= 0.6 is 11.6 Å². The van der Waals surface area contributed by atoms with E-state index in [1.807, 2.05) is 45.3 Å². The minimum atomic E-state index is -0.0665. The third-order valence-corrected chi connectivity index (χ3v) is 5.34. The maximum absolute atomic E-state index is 13.1. The summed E-state index contributed by atoms with van der Waals surface area (Å²) in [5.41, 5.74) is 3.43. The molecule has 0 saturated heterocycles. The average molecular weight is 388 g/mol. The van der Waals surface area contributed by atoms with Crippen LogP contribution in [0.15, 0.2) is 48.2 Å². The molecule has 0 fully saturated rings. The highest BCUT2D eigenvalue weighted by atomic mass is 35.5. The number of alkyl halides is 1. The first-order chi connectivity index (χ1) is 12.9. The fourth-order valence-electron chi connectivity index (χ4n) is 3.31. The molecule has 1 atom stereocenters. The number of nitrogens with one attached hydrogen (secondary N) is 1. The molecule has 0 bridgehead atoms. The molecule has 1 aromatic heterocycles. The maximum atomic E-state index is 13.1. The molecule has 0 radical (unpaired) electrons. The minimum absolute atomic E-state index is 0.0665. The molecule has 1 aliphatic heterocycles. The molecule has 3 rings (SSSR count). The van der Waals surface area contributed by atoms with Crippen LogP contribution in [-0.4, -0.2) is 60.4 Å². The number of benzene rings is 1. The van der Waals surface area contributed by atoms with Gasteiger partial charge in [0.2, 0.25) is 0 Å². The van der Waals surface area contributed by atoms with Crippen molar-refractivity contribution < 1.29 is 9.53 Å². The van der Waals surface area contributed by atoms with E-state index in [-0.39, 0.29) is 11.8 Å². The summed E-state index contributed by atoms with van der Waals surface area (Å²) in [6, 6.07) is 7.69. The molecule has 1 aromatic carbocycles. The van der Waals surface area contributed by atoms with Gasteiger partial charge in [-0.3, -0.25) is 4.79 Å². The topological polar surface area (TPSA) is 48.6 Å². The van der Waals surface area contributed by atoms with Crippen molar-refractivity contribution in [3.05, 3.63) is 53.9 Å². The predicted molar refractivity (Wildman–Crippen MR) is 110 cm³/mol. The summed E-state index contributed by atoms with van der Waals surface area (Å²) in [5, 5.41) is 0.953. The number of hydrogen-bond donors (Lipinski definition) is 1. The van der Waals surface area contributed by atoms with E-state index in [0.29, 0.717) is 24.7 Å². The number of nitrogens with zero attached hydrogens (tertiary/aromatic N) is 2. The number of H-pyrrole nitrogens is 1. The molecule has 0 aliphatic carbocycles. The van der Waals surface area contributed by atoms with Crippen LogP contribution in [0.2, 0.25) is 0 Å². The van der Waals surface area contributed by atoms with E-state index in [9.17, 15) is 4.79 Å². The maximum Gasteiger partial charge on any atom is 0.274 e. The van der Waals surface area contributed by atoms with Crippen LogP contribution in [0, 0.1) is 5.92 Å². The molecule has 1 aliphatic rings. The first kappa shape index (κ1) is 19.5. The van der Waals surface area contributed by atoms with Crippen molar-refractivity contribution in [3.63, 3.8) is 0 Å². The molecule has 5 nitrogen and oxygen atoms in total. The monoisotopic (exact) mass is 387 g/mol. The number of aromatic amines is 1. The molecule has 144 valence electrons. The highest BCUT2D eigenvalue weighted by Crippen LogP contribution is 2.31. The Balaban J connectivity index is 1.80. The highest BCUT2D eigenvalue weighted by Gasteiger charge is 2.31. The van der Waals surface area contributed by atoms with Crippen molar-refractivity contribution in [1.82, 2.24) is 14.8 Å². The van der Waals surface area contributed by atoms with E-state index in [4.69, 9.17) is 16.3 Å². The summed E-state index contributed by atoms with van der Waals surface area (Å²) in [6.07, 6.45) is 1.74. The van der Waals surface area contributed by atoms with E-state index >= 15 is 0 Å².